The Bertz CT molecular complexity index is 1830. The number of hydrogen-bond donors (Lipinski definition) is 0. The molecule has 3 heterocycles. The molecule has 0 bridgehead atoms. The number of halogens is 3. The van der Waals surface area contributed by atoms with E-state index < -0.39 is 11.7 Å². The van der Waals surface area contributed by atoms with Crippen molar-refractivity contribution in [3.05, 3.63) is 126 Å². The molecule has 1 fully saturated rings. The Hall–Kier alpha value is -4.96. The molecule has 242 valence electrons. The molecule has 5 aromatic rings. The van der Waals surface area contributed by atoms with E-state index in [9.17, 15) is 18.0 Å². The molecule has 6 rings (SSSR count). The molecule has 0 N–H and O–H groups in total. The Morgan fingerprint density at radius 1 is 0.915 bits per heavy atom. The lowest BCUT2D eigenvalue weighted by Crippen LogP contribution is -2.46. The maximum atomic E-state index is 13.7. The van der Waals surface area contributed by atoms with Crippen molar-refractivity contribution in [3.8, 4) is 0 Å². The van der Waals surface area contributed by atoms with Crippen LogP contribution in [-0.4, -0.2) is 56.4 Å². The van der Waals surface area contributed by atoms with Gasteiger partial charge in [0.05, 0.1) is 23.1 Å². The van der Waals surface area contributed by atoms with Crippen LogP contribution in [0.25, 0.3) is 17.1 Å². The fourth-order valence-electron chi connectivity index (χ4n) is 6.10. The molecule has 47 heavy (non-hydrogen) atoms. The van der Waals surface area contributed by atoms with Gasteiger partial charge >= 0.3 is 6.18 Å². The molecule has 3 aromatic carbocycles. The molecule has 0 aliphatic carbocycles. The molecule has 7 nitrogen and oxygen atoms in total. The van der Waals surface area contributed by atoms with Crippen LogP contribution in [-0.2, 0) is 31.1 Å². The van der Waals surface area contributed by atoms with E-state index in [0.29, 0.717) is 12.1 Å². The first kappa shape index (κ1) is 32.0. The minimum Gasteiger partial charge on any atom is -0.345 e. The predicted octanol–water partition coefficient (Wildman–Crippen LogP) is 7.46. The van der Waals surface area contributed by atoms with Crippen molar-refractivity contribution in [1.82, 2.24) is 24.3 Å². The lowest BCUT2D eigenvalue weighted by atomic mass is 10.0. The molecule has 1 aliphatic heterocycles. The van der Waals surface area contributed by atoms with Crippen LogP contribution in [0.2, 0.25) is 0 Å². The number of para-hydroxylation sites is 2. The van der Waals surface area contributed by atoms with E-state index in [1.54, 1.807) is 18.5 Å². The SMILES string of the molecule is CN(c1ccncc1)c1ccc(CN(C(=O)/C=C/c2ccc(C(F)(F)F)cc2)C2CCN(Cc3nc4ccccc4n3C)CC2)cc1. The van der Waals surface area contributed by atoms with Gasteiger partial charge in [-0.25, -0.2) is 4.98 Å². The number of aryl methyl sites for hydroxylation is 1. The Kier molecular flexibility index (Phi) is 9.40. The molecule has 10 heteroatoms. The molecule has 2 aromatic heterocycles. The predicted molar refractivity (Wildman–Crippen MR) is 179 cm³/mol. The number of pyridine rings is 1. The number of rotatable bonds is 9. The lowest BCUT2D eigenvalue weighted by molar-refractivity contribution is -0.137. The summed E-state index contributed by atoms with van der Waals surface area (Å²) in [6.45, 7) is 2.78. The maximum Gasteiger partial charge on any atom is 0.416 e. The molecule has 0 atom stereocenters. The first-order valence-corrected chi connectivity index (χ1v) is 15.7. The zero-order chi connectivity index (χ0) is 33.0. The lowest BCUT2D eigenvalue weighted by Gasteiger charge is -2.38. The van der Waals surface area contributed by atoms with E-state index in [1.165, 1.54) is 18.2 Å². The number of carbonyl (C=O) groups excluding carboxylic acids is 1. The van der Waals surface area contributed by atoms with Crippen molar-refractivity contribution in [1.29, 1.82) is 0 Å². The number of imidazole rings is 1. The number of nitrogens with zero attached hydrogens (tertiary/aromatic N) is 6. The smallest absolute Gasteiger partial charge is 0.345 e. The number of likely N-dealkylation sites (tertiary alicyclic amines) is 1. The number of amides is 1. The minimum atomic E-state index is -4.41. The van der Waals surface area contributed by atoms with Gasteiger partial charge in [-0.05, 0) is 78.6 Å². The highest BCUT2D eigenvalue weighted by atomic mass is 19.4. The van der Waals surface area contributed by atoms with E-state index in [4.69, 9.17) is 4.98 Å². The fourth-order valence-corrected chi connectivity index (χ4v) is 6.10. The number of aromatic nitrogens is 3. The summed E-state index contributed by atoms with van der Waals surface area (Å²) < 4.78 is 41.2. The summed E-state index contributed by atoms with van der Waals surface area (Å²) in [5.74, 6) is 0.838. The molecule has 0 saturated carbocycles. The monoisotopic (exact) mass is 638 g/mol. The standard InChI is InChI=1S/C37H37F3N6O/c1-43(31-17-21-41-22-18-31)30-14-9-28(10-15-30)25-46(36(47)16-11-27-7-12-29(13-8-27)37(38,39)40)32-19-23-45(24-20-32)26-35-42-33-5-3-4-6-34(33)44(35)2/h3-18,21-22,32H,19-20,23-26H2,1-2H3/b16-11+. The highest BCUT2D eigenvalue weighted by molar-refractivity contribution is 5.92. The van der Waals surface area contributed by atoms with Crippen molar-refractivity contribution < 1.29 is 18.0 Å². The van der Waals surface area contributed by atoms with Crippen molar-refractivity contribution in [2.45, 2.75) is 38.1 Å². The van der Waals surface area contributed by atoms with Crippen LogP contribution in [0.3, 0.4) is 0 Å². The van der Waals surface area contributed by atoms with Gasteiger partial charge in [0.25, 0.3) is 0 Å². The molecule has 0 radical (unpaired) electrons. The average molecular weight is 639 g/mol. The van der Waals surface area contributed by atoms with Gasteiger partial charge in [0.15, 0.2) is 0 Å². The molecular weight excluding hydrogens is 601 g/mol. The van der Waals surface area contributed by atoms with Gasteiger partial charge < -0.3 is 14.4 Å². The van der Waals surface area contributed by atoms with Crippen molar-refractivity contribution in [3.63, 3.8) is 0 Å². The third-order valence-electron chi connectivity index (χ3n) is 8.91. The molecular formula is C37H37F3N6O. The second-order valence-corrected chi connectivity index (χ2v) is 11.9. The number of anilines is 2. The Balaban J connectivity index is 1.17. The molecule has 1 aliphatic rings. The summed E-state index contributed by atoms with van der Waals surface area (Å²) >= 11 is 0. The minimum absolute atomic E-state index is 0.00983. The normalized spacial score (nSPS) is 14.6. The molecule has 1 amide bonds. The number of benzene rings is 3. The van der Waals surface area contributed by atoms with Crippen LogP contribution in [0.1, 0.15) is 35.4 Å². The van der Waals surface area contributed by atoms with Gasteiger partial charge in [-0.3, -0.25) is 14.7 Å². The number of fused-ring (bicyclic) bond motifs is 1. The zero-order valence-electron chi connectivity index (χ0n) is 26.4. The van der Waals surface area contributed by atoms with Crippen molar-refractivity contribution >= 4 is 34.4 Å². The van der Waals surface area contributed by atoms with Gasteiger partial charge in [-0.2, -0.15) is 13.2 Å². The van der Waals surface area contributed by atoms with Gasteiger partial charge in [0.1, 0.15) is 5.82 Å². The Morgan fingerprint density at radius 2 is 1.57 bits per heavy atom. The highest BCUT2D eigenvalue weighted by Gasteiger charge is 2.30. The largest absolute Gasteiger partial charge is 0.416 e. The average Bonchev–Trinajstić information content (AvgIpc) is 3.41. The fraction of sp³-hybridized carbons (Fsp3) is 0.270. The Labute approximate surface area is 272 Å². The van der Waals surface area contributed by atoms with E-state index in [0.717, 1.165) is 78.4 Å². The number of carbonyl (C=O) groups is 1. The summed E-state index contributed by atoms with van der Waals surface area (Å²) in [6, 6.07) is 25.0. The van der Waals surface area contributed by atoms with Gasteiger partial charge in [-0.15, -0.1) is 0 Å². The van der Waals surface area contributed by atoms with Crippen LogP contribution in [0.5, 0.6) is 0 Å². The van der Waals surface area contributed by atoms with Crippen molar-refractivity contribution in [2.75, 3.05) is 25.0 Å². The van der Waals surface area contributed by atoms with Crippen LogP contribution in [0.15, 0.2) is 103 Å². The summed E-state index contributed by atoms with van der Waals surface area (Å²) in [4.78, 5) is 29.0. The second-order valence-electron chi connectivity index (χ2n) is 11.9. The molecule has 0 unspecified atom stereocenters. The summed E-state index contributed by atoms with van der Waals surface area (Å²) in [5.41, 5.74) is 4.92. The summed E-state index contributed by atoms with van der Waals surface area (Å²) in [6.07, 6.45) is 3.76. The second kappa shape index (κ2) is 13.8. The topological polar surface area (TPSA) is 57.5 Å². The number of hydrogen-bond acceptors (Lipinski definition) is 5. The molecule has 1 saturated heterocycles. The first-order chi connectivity index (χ1) is 22.7. The van der Waals surface area contributed by atoms with Gasteiger partial charge in [0.2, 0.25) is 5.91 Å². The summed E-state index contributed by atoms with van der Waals surface area (Å²) in [7, 11) is 4.04. The quantitative estimate of drug-likeness (QED) is 0.157. The van der Waals surface area contributed by atoms with Crippen LogP contribution in [0, 0.1) is 0 Å². The van der Waals surface area contributed by atoms with Crippen LogP contribution < -0.4 is 4.90 Å². The van der Waals surface area contributed by atoms with Crippen molar-refractivity contribution in [2.24, 2.45) is 7.05 Å². The van der Waals surface area contributed by atoms with Crippen LogP contribution in [0.4, 0.5) is 24.5 Å². The van der Waals surface area contributed by atoms with E-state index in [2.05, 4.69) is 25.4 Å². The Morgan fingerprint density at radius 3 is 2.23 bits per heavy atom. The zero-order valence-corrected chi connectivity index (χ0v) is 26.4. The van der Waals surface area contributed by atoms with Gasteiger partial charge in [0, 0.05) is 69.6 Å². The van der Waals surface area contributed by atoms with Crippen LogP contribution >= 0.6 is 0 Å². The van der Waals surface area contributed by atoms with Gasteiger partial charge in [-0.1, -0.05) is 36.4 Å². The van der Waals surface area contributed by atoms with E-state index >= 15 is 0 Å². The van der Waals surface area contributed by atoms with E-state index in [-0.39, 0.29) is 11.9 Å². The first-order valence-electron chi connectivity index (χ1n) is 15.7. The third kappa shape index (κ3) is 7.55. The maximum absolute atomic E-state index is 13.7. The van der Waals surface area contributed by atoms with E-state index in [1.807, 2.05) is 73.6 Å². The summed E-state index contributed by atoms with van der Waals surface area (Å²) in [5, 5.41) is 0. The molecule has 0 spiro atoms. The number of piperidine rings is 1. The highest BCUT2D eigenvalue weighted by Crippen LogP contribution is 2.30. The third-order valence-corrected chi connectivity index (χ3v) is 8.91. The number of alkyl halides is 3.